The summed E-state index contributed by atoms with van der Waals surface area (Å²) in [6, 6.07) is 9.42. The molecule has 1 atom stereocenters. The van der Waals surface area contributed by atoms with Crippen molar-refractivity contribution in [2.75, 3.05) is 13.1 Å². The minimum atomic E-state index is -0.842. The van der Waals surface area contributed by atoms with Gasteiger partial charge in [-0.15, -0.1) is 0 Å². The van der Waals surface area contributed by atoms with Crippen LogP contribution in [0.1, 0.15) is 16.9 Å². The van der Waals surface area contributed by atoms with Crippen LogP contribution in [-0.4, -0.2) is 40.0 Å². The molecule has 1 aromatic carbocycles. The van der Waals surface area contributed by atoms with Crippen molar-refractivity contribution in [3.05, 3.63) is 42.2 Å². The Morgan fingerprint density at radius 2 is 2.05 bits per heavy atom. The Balaban J connectivity index is 1.92. The predicted molar refractivity (Wildman–Crippen MR) is 73.4 cm³/mol. The van der Waals surface area contributed by atoms with Crippen LogP contribution in [0.2, 0.25) is 0 Å². The van der Waals surface area contributed by atoms with E-state index < -0.39 is 11.9 Å². The monoisotopic (exact) mass is 270 g/mol. The van der Waals surface area contributed by atoms with Crippen LogP contribution >= 0.6 is 0 Å². The largest absolute Gasteiger partial charge is 0.481 e. The lowest BCUT2D eigenvalue weighted by Gasteiger charge is -2.16. The quantitative estimate of drug-likeness (QED) is 0.903. The lowest BCUT2D eigenvalue weighted by molar-refractivity contribution is -0.141. The molecule has 0 radical (unpaired) electrons. The van der Waals surface area contributed by atoms with Crippen molar-refractivity contribution < 1.29 is 14.7 Å². The standard InChI is InChI=1S/C15H14N2O3/c18-14(17-8-6-11(9-17)15(19)20)13-12-4-2-1-3-10(12)5-7-16-13/h1-5,7,11H,6,8-9H2,(H,19,20). The summed E-state index contributed by atoms with van der Waals surface area (Å²) >= 11 is 0. The van der Waals surface area contributed by atoms with E-state index in [1.54, 1.807) is 11.1 Å². The summed E-state index contributed by atoms with van der Waals surface area (Å²) < 4.78 is 0. The molecule has 3 rings (SSSR count). The van der Waals surface area contributed by atoms with E-state index in [9.17, 15) is 9.59 Å². The molecule has 1 aliphatic heterocycles. The molecular formula is C15H14N2O3. The minimum Gasteiger partial charge on any atom is -0.481 e. The zero-order chi connectivity index (χ0) is 14.1. The fourth-order valence-corrected chi connectivity index (χ4v) is 2.59. The van der Waals surface area contributed by atoms with E-state index in [0.717, 1.165) is 10.8 Å². The third-order valence-corrected chi connectivity index (χ3v) is 3.70. The summed E-state index contributed by atoms with van der Waals surface area (Å²) in [7, 11) is 0. The molecule has 1 fully saturated rings. The molecule has 1 aliphatic rings. The topological polar surface area (TPSA) is 70.5 Å². The Bertz CT molecular complexity index is 678. The molecule has 5 heteroatoms. The summed E-state index contributed by atoms with van der Waals surface area (Å²) in [4.78, 5) is 29.2. The SMILES string of the molecule is O=C(O)C1CCN(C(=O)c2nccc3ccccc23)C1. The summed E-state index contributed by atoms with van der Waals surface area (Å²) in [5.41, 5.74) is 0.397. The van der Waals surface area contributed by atoms with Gasteiger partial charge in [0, 0.05) is 24.7 Å². The number of hydrogen-bond donors (Lipinski definition) is 1. The summed E-state index contributed by atoms with van der Waals surface area (Å²) in [5, 5.41) is 10.8. The van der Waals surface area contributed by atoms with Gasteiger partial charge >= 0.3 is 5.97 Å². The number of pyridine rings is 1. The van der Waals surface area contributed by atoms with Gasteiger partial charge in [-0.2, -0.15) is 0 Å². The number of aromatic nitrogens is 1. The summed E-state index contributed by atoms with van der Waals surface area (Å²) in [6.07, 6.45) is 2.12. The second-order valence-corrected chi connectivity index (χ2v) is 4.96. The molecule has 1 amide bonds. The van der Waals surface area contributed by atoms with Gasteiger partial charge in [0.05, 0.1) is 5.92 Å². The molecule has 0 aliphatic carbocycles. The molecule has 102 valence electrons. The van der Waals surface area contributed by atoms with E-state index in [1.807, 2.05) is 30.3 Å². The highest BCUT2D eigenvalue weighted by Crippen LogP contribution is 2.22. The number of carbonyl (C=O) groups is 2. The number of aliphatic carboxylic acids is 1. The fourth-order valence-electron chi connectivity index (χ4n) is 2.59. The van der Waals surface area contributed by atoms with Gasteiger partial charge in [-0.3, -0.25) is 14.6 Å². The van der Waals surface area contributed by atoms with Crippen molar-refractivity contribution in [3.63, 3.8) is 0 Å². The minimum absolute atomic E-state index is 0.189. The van der Waals surface area contributed by atoms with Gasteiger partial charge in [-0.25, -0.2) is 0 Å². The number of benzene rings is 1. The van der Waals surface area contributed by atoms with Crippen molar-refractivity contribution in [2.24, 2.45) is 5.92 Å². The van der Waals surface area contributed by atoms with Crippen LogP contribution in [-0.2, 0) is 4.79 Å². The maximum Gasteiger partial charge on any atom is 0.308 e. The number of nitrogens with zero attached hydrogens (tertiary/aromatic N) is 2. The second kappa shape index (κ2) is 4.92. The van der Waals surface area contributed by atoms with Crippen molar-refractivity contribution in [3.8, 4) is 0 Å². The highest BCUT2D eigenvalue weighted by molar-refractivity contribution is 6.05. The molecule has 0 spiro atoms. The number of likely N-dealkylation sites (tertiary alicyclic amines) is 1. The zero-order valence-electron chi connectivity index (χ0n) is 10.8. The number of hydrogen-bond acceptors (Lipinski definition) is 3. The van der Waals surface area contributed by atoms with Crippen LogP contribution in [0, 0.1) is 5.92 Å². The van der Waals surface area contributed by atoms with Crippen molar-refractivity contribution in [1.29, 1.82) is 0 Å². The third kappa shape index (κ3) is 2.11. The Kier molecular flexibility index (Phi) is 3.10. The first kappa shape index (κ1) is 12.6. The first-order valence-corrected chi connectivity index (χ1v) is 6.52. The smallest absolute Gasteiger partial charge is 0.308 e. The van der Waals surface area contributed by atoms with E-state index in [1.165, 1.54) is 0 Å². The normalized spacial score (nSPS) is 18.4. The molecule has 1 unspecified atom stereocenters. The van der Waals surface area contributed by atoms with E-state index in [-0.39, 0.29) is 12.5 Å². The van der Waals surface area contributed by atoms with Crippen LogP contribution in [0.5, 0.6) is 0 Å². The Hall–Kier alpha value is -2.43. The van der Waals surface area contributed by atoms with Gasteiger partial charge in [0.2, 0.25) is 0 Å². The van der Waals surface area contributed by atoms with Gasteiger partial charge in [-0.1, -0.05) is 24.3 Å². The highest BCUT2D eigenvalue weighted by atomic mass is 16.4. The van der Waals surface area contributed by atoms with E-state index in [2.05, 4.69) is 4.98 Å². The Morgan fingerprint density at radius 1 is 1.25 bits per heavy atom. The van der Waals surface area contributed by atoms with E-state index >= 15 is 0 Å². The molecular weight excluding hydrogens is 256 g/mol. The van der Waals surface area contributed by atoms with Crippen molar-refractivity contribution in [1.82, 2.24) is 9.88 Å². The molecule has 20 heavy (non-hydrogen) atoms. The average Bonchev–Trinajstić information content (AvgIpc) is 2.96. The van der Waals surface area contributed by atoms with Gasteiger partial charge in [0.25, 0.3) is 5.91 Å². The van der Waals surface area contributed by atoms with Gasteiger partial charge in [-0.05, 0) is 17.9 Å². The Morgan fingerprint density at radius 3 is 2.80 bits per heavy atom. The van der Waals surface area contributed by atoms with E-state index in [0.29, 0.717) is 18.7 Å². The van der Waals surface area contributed by atoms with E-state index in [4.69, 9.17) is 5.11 Å². The van der Waals surface area contributed by atoms with Crippen LogP contribution < -0.4 is 0 Å². The van der Waals surface area contributed by atoms with Crippen LogP contribution in [0.25, 0.3) is 10.8 Å². The number of fused-ring (bicyclic) bond motifs is 1. The molecule has 1 aromatic heterocycles. The average molecular weight is 270 g/mol. The van der Waals surface area contributed by atoms with Crippen LogP contribution in [0.3, 0.4) is 0 Å². The fraction of sp³-hybridized carbons (Fsp3) is 0.267. The molecule has 2 aromatic rings. The van der Waals surface area contributed by atoms with Crippen molar-refractivity contribution in [2.45, 2.75) is 6.42 Å². The molecule has 2 heterocycles. The van der Waals surface area contributed by atoms with Crippen LogP contribution in [0.15, 0.2) is 36.5 Å². The highest BCUT2D eigenvalue weighted by Gasteiger charge is 2.32. The number of amides is 1. The molecule has 5 nitrogen and oxygen atoms in total. The third-order valence-electron chi connectivity index (χ3n) is 3.70. The first-order valence-electron chi connectivity index (χ1n) is 6.52. The van der Waals surface area contributed by atoms with Gasteiger partial charge < -0.3 is 10.0 Å². The van der Waals surface area contributed by atoms with Gasteiger partial charge in [0.15, 0.2) is 0 Å². The van der Waals surface area contributed by atoms with Gasteiger partial charge in [0.1, 0.15) is 5.69 Å². The first-order chi connectivity index (χ1) is 9.66. The Labute approximate surface area is 115 Å². The predicted octanol–water partition coefficient (Wildman–Crippen LogP) is 1.78. The molecule has 0 bridgehead atoms. The maximum atomic E-state index is 12.5. The second-order valence-electron chi connectivity index (χ2n) is 4.96. The number of rotatable bonds is 2. The molecule has 0 saturated carbocycles. The zero-order valence-corrected chi connectivity index (χ0v) is 10.8. The number of carboxylic acids is 1. The van der Waals surface area contributed by atoms with Crippen molar-refractivity contribution >= 4 is 22.6 Å². The summed E-state index contributed by atoms with van der Waals surface area (Å²) in [5.74, 6) is -1.49. The lowest BCUT2D eigenvalue weighted by Crippen LogP contribution is -2.30. The lowest BCUT2D eigenvalue weighted by atomic mass is 10.1. The number of carboxylic acid groups (broad SMARTS) is 1. The summed E-state index contributed by atoms with van der Waals surface area (Å²) in [6.45, 7) is 0.736. The maximum absolute atomic E-state index is 12.5. The molecule has 1 N–H and O–H groups in total. The number of carbonyl (C=O) groups excluding carboxylic acids is 1. The molecule has 1 saturated heterocycles. The van der Waals surface area contributed by atoms with Crippen LogP contribution in [0.4, 0.5) is 0 Å².